The number of carboxylic acid groups (broad SMARTS) is 1. The fourth-order valence-electron chi connectivity index (χ4n) is 3.36. The molecule has 0 bridgehead atoms. The van der Waals surface area contributed by atoms with Gasteiger partial charge in [-0.25, -0.2) is 10.4 Å². The normalized spacial score (nSPS) is 10.9. The molecule has 4 rings (SSSR count). The molecule has 0 aliphatic rings. The van der Waals surface area contributed by atoms with E-state index in [1.807, 2.05) is 0 Å². The second-order valence-electron chi connectivity index (χ2n) is 7.53. The van der Waals surface area contributed by atoms with Gasteiger partial charge in [0.2, 0.25) is 0 Å². The Hall–Kier alpha value is -4.64. The lowest BCUT2D eigenvalue weighted by Crippen LogP contribution is -2.29. The van der Waals surface area contributed by atoms with Crippen molar-refractivity contribution in [1.82, 2.24) is 15.0 Å². The molecule has 0 unspecified atom stereocenters. The smallest absolute Gasteiger partial charge is 0.266 e. The van der Waals surface area contributed by atoms with E-state index in [1.54, 1.807) is 79.9 Å². The van der Waals surface area contributed by atoms with Crippen LogP contribution in [0.2, 0.25) is 0 Å². The maximum absolute atomic E-state index is 13.3. The van der Waals surface area contributed by atoms with E-state index >= 15 is 0 Å². The minimum absolute atomic E-state index is 0.0683. The summed E-state index contributed by atoms with van der Waals surface area (Å²) in [5.74, 6) is -0.932. The fraction of sp³-hybridized carbons (Fsp3) is 0.115. The molecule has 0 aliphatic heterocycles. The van der Waals surface area contributed by atoms with Crippen molar-refractivity contribution >= 4 is 40.8 Å². The van der Waals surface area contributed by atoms with Crippen molar-refractivity contribution in [3.63, 3.8) is 0 Å². The predicted octanol–water partition coefficient (Wildman–Crippen LogP) is 1.77. The van der Waals surface area contributed by atoms with Gasteiger partial charge < -0.3 is 19.4 Å². The van der Waals surface area contributed by atoms with Crippen LogP contribution >= 0.6 is 11.8 Å². The fourth-order valence-corrected chi connectivity index (χ4v) is 4.16. The number of nitrogens with one attached hydrogen (secondary N) is 1. The average molecular weight is 518 g/mol. The Morgan fingerprint density at radius 2 is 1.81 bits per heavy atom. The molecular weight excluding hydrogens is 496 g/mol. The number of aromatic nitrogens is 2. The Kier molecular flexibility index (Phi) is 8.16. The molecule has 0 aliphatic carbocycles. The van der Waals surface area contributed by atoms with E-state index in [2.05, 4.69) is 15.5 Å². The van der Waals surface area contributed by atoms with Gasteiger partial charge in [0, 0.05) is 5.56 Å². The van der Waals surface area contributed by atoms with Gasteiger partial charge in [0.15, 0.2) is 5.16 Å². The number of amides is 1. The van der Waals surface area contributed by atoms with Gasteiger partial charge in [-0.3, -0.25) is 14.2 Å². The van der Waals surface area contributed by atoms with Gasteiger partial charge >= 0.3 is 0 Å². The molecule has 3 aromatic carbocycles. The summed E-state index contributed by atoms with van der Waals surface area (Å²) in [6.07, 6.45) is 1.34. The first-order chi connectivity index (χ1) is 18.0. The van der Waals surface area contributed by atoms with Gasteiger partial charge in [-0.1, -0.05) is 36.0 Å². The van der Waals surface area contributed by atoms with E-state index < -0.39 is 18.5 Å². The molecule has 0 saturated heterocycles. The zero-order valence-electron chi connectivity index (χ0n) is 19.6. The number of methoxy groups -OCH3 is 1. The predicted molar refractivity (Wildman–Crippen MR) is 137 cm³/mol. The third-order valence-electron chi connectivity index (χ3n) is 5.07. The average Bonchev–Trinajstić information content (AvgIpc) is 2.91. The molecule has 10 nitrogen and oxygen atoms in total. The number of para-hydroxylation sites is 2. The van der Waals surface area contributed by atoms with Crippen LogP contribution in [-0.2, 0) is 9.59 Å². The summed E-state index contributed by atoms with van der Waals surface area (Å²) >= 11 is 1.09. The van der Waals surface area contributed by atoms with Crippen LogP contribution < -0.4 is 25.6 Å². The molecule has 11 heteroatoms. The van der Waals surface area contributed by atoms with E-state index in [0.29, 0.717) is 33.1 Å². The number of nitrogens with zero attached hydrogens (tertiary/aromatic N) is 3. The standard InChI is InChI=1S/C26H22N4O6S/c1-35-19-12-10-18(11-13-19)30-25(34)20-7-3-4-8-21(20)28-26(30)37-16-23(31)29-27-14-17-6-2-5-9-22(17)36-15-24(32)33/h2-14H,15-16H2,1H3,(H,29,31)(H,32,33)/p-1/b27-14-. The van der Waals surface area contributed by atoms with E-state index in [-0.39, 0.29) is 17.1 Å². The van der Waals surface area contributed by atoms with Crippen molar-refractivity contribution in [3.05, 3.63) is 88.7 Å². The lowest BCUT2D eigenvalue weighted by atomic mass is 10.2. The number of benzene rings is 3. The molecule has 0 radical (unpaired) electrons. The zero-order chi connectivity index (χ0) is 26.2. The first-order valence-electron chi connectivity index (χ1n) is 11.0. The van der Waals surface area contributed by atoms with Crippen LogP contribution in [0.1, 0.15) is 5.56 Å². The maximum atomic E-state index is 13.3. The molecule has 37 heavy (non-hydrogen) atoms. The largest absolute Gasteiger partial charge is 0.546 e. The molecule has 1 N–H and O–H groups in total. The highest BCUT2D eigenvalue weighted by molar-refractivity contribution is 7.99. The maximum Gasteiger partial charge on any atom is 0.266 e. The number of carbonyl (C=O) groups is 2. The quantitative estimate of drug-likeness (QED) is 0.146. The number of carbonyl (C=O) groups excluding carboxylic acids is 2. The lowest BCUT2D eigenvalue weighted by molar-refractivity contribution is -0.307. The van der Waals surface area contributed by atoms with Crippen molar-refractivity contribution < 1.29 is 24.2 Å². The van der Waals surface area contributed by atoms with Crippen molar-refractivity contribution in [3.8, 4) is 17.2 Å². The minimum atomic E-state index is -1.35. The number of fused-ring (bicyclic) bond motifs is 1. The van der Waals surface area contributed by atoms with Gasteiger partial charge in [-0.05, 0) is 48.5 Å². The molecule has 0 fully saturated rings. The van der Waals surface area contributed by atoms with Gasteiger partial charge in [0.25, 0.3) is 11.5 Å². The molecule has 0 saturated carbocycles. The van der Waals surface area contributed by atoms with Gasteiger partial charge in [0.05, 0.1) is 41.6 Å². The number of hydrazone groups is 1. The second kappa shape index (κ2) is 11.9. The lowest BCUT2D eigenvalue weighted by Gasteiger charge is -2.13. The molecule has 1 amide bonds. The van der Waals surface area contributed by atoms with Gasteiger partial charge in [-0.2, -0.15) is 5.10 Å². The Labute approximate surface area is 215 Å². The second-order valence-corrected chi connectivity index (χ2v) is 8.47. The molecule has 0 spiro atoms. The number of ether oxygens (including phenoxy) is 2. The Morgan fingerprint density at radius 3 is 2.57 bits per heavy atom. The molecular formula is C26H21N4O6S-. The van der Waals surface area contributed by atoms with Crippen LogP contribution in [0, 0.1) is 0 Å². The zero-order valence-corrected chi connectivity index (χ0v) is 20.4. The van der Waals surface area contributed by atoms with Crippen LogP contribution in [0.5, 0.6) is 11.5 Å². The molecule has 1 heterocycles. The Balaban J connectivity index is 1.51. The van der Waals surface area contributed by atoms with Gasteiger partial charge in [-0.15, -0.1) is 0 Å². The number of hydrogen-bond donors (Lipinski definition) is 1. The highest BCUT2D eigenvalue weighted by Crippen LogP contribution is 2.23. The monoisotopic (exact) mass is 517 g/mol. The molecule has 0 atom stereocenters. The Morgan fingerprint density at radius 1 is 1.08 bits per heavy atom. The summed E-state index contributed by atoms with van der Waals surface area (Å²) in [6, 6.07) is 20.6. The molecule has 4 aromatic rings. The first kappa shape index (κ1) is 25.5. The summed E-state index contributed by atoms with van der Waals surface area (Å²) in [7, 11) is 1.56. The van der Waals surface area contributed by atoms with E-state index in [0.717, 1.165) is 11.8 Å². The van der Waals surface area contributed by atoms with Crippen LogP contribution in [0.4, 0.5) is 0 Å². The van der Waals surface area contributed by atoms with E-state index in [4.69, 9.17) is 9.47 Å². The van der Waals surface area contributed by atoms with E-state index in [9.17, 15) is 19.5 Å². The van der Waals surface area contributed by atoms with Crippen LogP contribution in [0.25, 0.3) is 16.6 Å². The van der Waals surface area contributed by atoms with Crippen molar-refractivity contribution in [2.24, 2.45) is 5.10 Å². The topological polar surface area (TPSA) is 135 Å². The summed E-state index contributed by atoms with van der Waals surface area (Å²) in [4.78, 5) is 41.1. The third-order valence-corrected chi connectivity index (χ3v) is 6.00. The number of carboxylic acids is 1. The number of rotatable bonds is 10. The van der Waals surface area contributed by atoms with Crippen molar-refractivity contribution in [2.75, 3.05) is 19.5 Å². The number of thioether (sulfide) groups is 1. The van der Waals surface area contributed by atoms with Crippen molar-refractivity contribution in [2.45, 2.75) is 5.16 Å². The molecule has 1 aromatic heterocycles. The SMILES string of the molecule is COc1ccc(-n2c(SCC(=O)N/N=C\c3ccccc3OCC(=O)[O-])nc3ccccc3c2=O)cc1. The van der Waals surface area contributed by atoms with Crippen LogP contribution in [0.3, 0.4) is 0 Å². The number of hydrogen-bond acceptors (Lipinski definition) is 9. The van der Waals surface area contributed by atoms with Crippen LogP contribution in [0.15, 0.2) is 87.8 Å². The Bertz CT molecular complexity index is 1520. The minimum Gasteiger partial charge on any atom is -0.546 e. The molecule has 188 valence electrons. The third kappa shape index (κ3) is 6.33. The van der Waals surface area contributed by atoms with Crippen molar-refractivity contribution in [1.29, 1.82) is 0 Å². The number of aliphatic carboxylic acids is 1. The summed E-state index contributed by atoms with van der Waals surface area (Å²) < 4.78 is 11.8. The summed E-state index contributed by atoms with van der Waals surface area (Å²) in [5.41, 5.74) is 3.73. The highest BCUT2D eigenvalue weighted by atomic mass is 32.2. The highest BCUT2D eigenvalue weighted by Gasteiger charge is 2.15. The summed E-state index contributed by atoms with van der Waals surface area (Å²) in [6.45, 7) is -0.609. The van der Waals surface area contributed by atoms with E-state index in [1.165, 1.54) is 10.8 Å². The van der Waals surface area contributed by atoms with Gasteiger partial charge in [0.1, 0.15) is 18.1 Å². The first-order valence-corrected chi connectivity index (χ1v) is 12.0. The summed E-state index contributed by atoms with van der Waals surface area (Å²) in [5, 5.41) is 15.4. The van der Waals surface area contributed by atoms with Crippen LogP contribution in [-0.4, -0.2) is 47.1 Å².